The van der Waals surface area contributed by atoms with Crippen LogP contribution in [-0.4, -0.2) is 23.0 Å². The summed E-state index contributed by atoms with van der Waals surface area (Å²) >= 11 is 5.13. The molecule has 1 nitrogen and oxygen atoms in total. The lowest BCUT2D eigenvalue weighted by atomic mass is 10.3. The first-order chi connectivity index (χ1) is 4.76. The minimum absolute atomic E-state index is 0.830. The first kappa shape index (κ1) is 9.63. The van der Waals surface area contributed by atoms with Gasteiger partial charge in [0.05, 0.1) is 4.99 Å². The van der Waals surface area contributed by atoms with E-state index < -0.39 is 0 Å². The summed E-state index contributed by atoms with van der Waals surface area (Å²) in [7, 11) is 0. The van der Waals surface area contributed by atoms with E-state index in [0.717, 1.165) is 24.5 Å². The first-order valence-electron chi connectivity index (χ1n) is 3.64. The predicted octanol–water partition coefficient (Wildman–Crippen LogP) is 2.23. The SMILES string of the molecule is C=CCC(=S)N(CC)CC. The monoisotopic (exact) mass is 157 g/mol. The Bertz CT molecular complexity index is 116. The Hall–Kier alpha value is -0.370. The zero-order valence-corrected chi connectivity index (χ0v) is 7.58. The van der Waals surface area contributed by atoms with Gasteiger partial charge in [-0.25, -0.2) is 0 Å². The van der Waals surface area contributed by atoms with Gasteiger partial charge in [-0.3, -0.25) is 0 Å². The smallest absolute Gasteiger partial charge is 0.0817 e. The highest BCUT2D eigenvalue weighted by Crippen LogP contribution is 1.96. The fourth-order valence-corrected chi connectivity index (χ4v) is 1.20. The molecule has 0 aliphatic carbocycles. The van der Waals surface area contributed by atoms with Crippen LogP contribution >= 0.6 is 12.2 Å². The number of thiocarbonyl (C=S) groups is 1. The minimum atomic E-state index is 0.830. The molecule has 0 unspecified atom stereocenters. The summed E-state index contributed by atoms with van der Waals surface area (Å²) in [5, 5.41) is 0. The first-order valence-corrected chi connectivity index (χ1v) is 4.05. The van der Waals surface area contributed by atoms with Crippen molar-refractivity contribution in [1.82, 2.24) is 4.90 Å². The molecule has 0 aromatic carbocycles. The Kier molecular flexibility index (Phi) is 5.22. The second-order valence-electron chi connectivity index (χ2n) is 2.06. The molecule has 0 fully saturated rings. The van der Waals surface area contributed by atoms with Gasteiger partial charge in [-0.1, -0.05) is 18.3 Å². The summed E-state index contributed by atoms with van der Waals surface area (Å²) in [5.41, 5.74) is 0. The third-order valence-electron chi connectivity index (χ3n) is 1.44. The molecule has 0 bridgehead atoms. The molecule has 0 aromatic rings. The lowest BCUT2D eigenvalue weighted by Gasteiger charge is -2.20. The molecule has 0 N–H and O–H groups in total. The lowest BCUT2D eigenvalue weighted by molar-refractivity contribution is 0.468. The highest BCUT2D eigenvalue weighted by atomic mass is 32.1. The van der Waals surface area contributed by atoms with Crippen LogP contribution in [0.1, 0.15) is 20.3 Å². The van der Waals surface area contributed by atoms with Gasteiger partial charge in [0, 0.05) is 19.5 Å². The van der Waals surface area contributed by atoms with Crippen molar-refractivity contribution in [3.63, 3.8) is 0 Å². The maximum atomic E-state index is 5.13. The van der Waals surface area contributed by atoms with Gasteiger partial charge in [0.1, 0.15) is 0 Å². The largest absolute Gasteiger partial charge is 0.366 e. The van der Waals surface area contributed by atoms with Crippen molar-refractivity contribution in [2.45, 2.75) is 20.3 Å². The number of rotatable bonds is 4. The van der Waals surface area contributed by atoms with Gasteiger partial charge in [-0.05, 0) is 13.8 Å². The molecule has 0 rings (SSSR count). The summed E-state index contributed by atoms with van der Waals surface area (Å²) in [6.45, 7) is 9.86. The van der Waals surface area contributed by atoms with E-state index in [1.54, 1.807) is 0 Å². The second kappa shape index (κ2) is 5.42. The van der Waals surface area contributed by atoms with Crippen molar-refractivity contribution in [3.8, 4) is 0 Å². The van der Waals surface area contributed by atoms with Crippen LogP contribution in [0.3, 0.4) is 0 Å². The van der Waals surface area contributed by atoms with Crippen molar-refractivity contribution in [3.05, 3.63) is 12.7 Å². The molecule has 0 aromatic heterocycles. The van der Waals surface area contributed by atoms with E-state index in [2.05, 4.69) is 25.3 Å². The van der Waals surface area contributed by atoms with Crippen molar-refractivity contribution >= 4 is 17.2 Å². The quantitative estimate of drug-likeness (QED) is 0.455. The van der Waals surface area contributed by atoms with Gasteiger partial charge in [-0.15, -0.1) is 6.58 Å². The van der Waals surface area contributed by atoms with Gasteiger partial charge in [0.2, 0.25) is 0 Å². The molecular formula is C8H15NS. The van der Waals surface area contributed by atoms with Crippen molar-refractivity contribution in [2.75, 3.05) is 13.1 Å². The van der Waals surface area contributed by atoms with Crippen LogP contribution in [0, 0.1) is 0 Å². The van der Waals surface area contributed by atoms with Crippen molar-refractivity contribution < 1.29 is 0 Å². The van der Waals surface area contributed by atoms with E-state index in [1.807, 2.05) is 6.08 Å². The highest BCUT2D eigenvalue weighted by molar-refractivity contribution is 7.80. The summed E-state index contributed by atoms with van der Waals surface area (Å²) in [6.07, 6.45) is 2.68. The molecule has 0 saturated carbocycles. The Morgan fingerprint density at radius 2 is 2.00 bits per heavy atom. The molecule has 58 valence electrons. The number of hydrogen-bond donors (Lipinski definition) is 0. The fraction of sp³-hybridized carbons (Fsp3) is 0.625. The summed E-state index contributed by atoms with van der Waals surface area (Å²) < 4.78 is 0. The van der Waals surface area contributed by atoms with Crippen LogP contribution in [0.2, 0.25) is 0 Å². The molecule has 0 heterocycles. The third kappa shape index (κ3) is 2.97. The molecule has 0 aliphatic rings. The van der Waals surface area contributed by atoms with Crippen LogP contribution in [0.4, 0.5) is 0 Å². The number of nitrogens with zero attached hydrogens (tertiary/aromatic N) is 1. The van der Waals surface area contributed by atoms with Gasteiger partial charge >= 0.3 is 0 Å². The Morgan fingerprint density at radius 1 is 1.50 bits per heavy atom. The molecule has 0 amide bonds. The topological polar surface area (TPSA) is 3.24 Å². The normalized spacial score (nSPS) is 9.00. The molecule has 2 heteroatoms. The van der Waals surface area contributed by atoms with E-state index in [9.17, 15) is 0 Å². The molecular weight excluding hydrogens is 142 g/mol. The summed E-state index contributed by atoms with van der Waals surface area (Å²) in [5.74, 6) is 0. The summed E-state index contributed by atoms with van der Waals surface area (Å²) in [6, 6.07) is 0. The van der Waals surface area contributed by atoms with Gasteiger partial charge in [-0.2, -0.15) is 0 Å². The average molecular weight is 157 g/mol. The Labute approximate surface area is 68.7 Å². The van der Waals surface area contributed by atoms with Crippen LogP contribution in [0.15, 0.2) is 12.7 Å². The third-order valence-corrected chi connectivity index (χ3v) is 1.86. The van der Waals surface area contributed by atoms with Gasteiger partial charge in [0.15, 0.2) is 0 Å². The van der Waals surface area contributed by atoms with E-state index >= 15 is 0 Å². The average Bonchev–Trinajstić information content (AvgIpc) is 1.91. The highest BCUT2D eigenvalue weighted by Gasteiger charge is 2.00. The maximum absolute atomic E-state index is 5.13. The van der Waals surface area contributed by atoms with Crippen LogP contribution in [0.25, 0.3) is 0 Å². The molecule has 0 atom stereocenters. The van der Waals surface area contributed by atoms with Gasteiger partial charge < -0.3 is 4.90 Å². The lowest BCUT2D eigenvalue weighted by Crippen LogP contribution is -2.28. The van der Waals surface area contributed by atoms with E-state index in [0.29, 0.717) is 0 Å². The van der Waals surface area contributed by atoms with E-state index in [4.69, 9.17) is 12.2 Å². The zero-order chi connectivity index (χ0) is 7.98. The number of hydrogen-bond acceptors (Lipinski definition) is 1. The van der Waals surface area contributed by atoms with Crippen molar-refractivity contribution in [2.24, 2.45) is 0 Å². The fourth-order valence-electron chi connectivity index (χ4n) is 0.829. The van der Waals surface area contributed by atoms with Crippen LogP contribution in [-0.2, 0) is 0 Å². The molecule has 0 aliphatic heterocycles. The second-order valence-corrected chi connectivity index (χ2v) is 2.53. The summed E-state index contributed by atoms with van der Waals surface area (Å²) in [4.78, 5) is 3.16. The minimum Gasteiger partial charge on any atom is -0.366 e. The van der Waals surface area contributed by atoms with Crippen molar-refractivity contribution in [1.29, 1.82) is 0 Å². The van der Waals surface area contributed by atoms with Crippen LogP contribution < -0.4 is 0 Å². The van der Waals surface area contributed by atoms with E-state index in [-0.39, 0.29) is 0 Å². The molecule has 0 saturated heterocycles. The Morgan fingerprint density at radius 3 is 2.30 bits per heavy atom. The van der Waals surface area contributed by atoms with Gasteiger partial charge in [0.25, 0.3) is 0 Å². The van der Waals surface area contributed by atoms with E-state index in [1.165, 1.54) is 0 Å². The molecule has 0 spiro atoms. The predicted molar refractivity (Wildman–Crippen MR) is 50.3 cm³/mol. The maximum Gasteiger partial charge on any atom is 0.0817 e. The standard InChI is InChI=1S/C8H15NS/c1-4-7-8(10)9(5-2)6-3/h4H,1,5-7H2,2-3H3. The molecule has 10 heavy (non-hydrogen) atoms. The van der Waals surface area contributed by atoms with Crippen LogP contribution in [0.5, 0.6) is 0 Å². The Balaban J connectivity index is 3.76. The zero-order valence-electron chi connectivity index (χ0n) is 6.76. The molecule has 0 radical (unpaired) electrons.